The summed E-state index contributed by atoms with van der Waals surface area (Å²) in [5.41, 5.74) is -0.422. The molecule has 1 N–H and O–H groups in total. The minimum atomic E-state index is -0.422. The molecule has 0 aliphatic heterocycles. The van der Waals surface area contributed by atoms with Crippen LogP contribution in [0.2, 0.25) is 0 Å². The van der Waals surface area contributed by atoms with E-state index in [1.165, 1.54) is 23.5 Å². The summed E-state index contributed by atoms with van der Waals surface area (Å²) >= 11 is 9.85. The number of Topliss-reactive ketones (excluding diaryl/α,β-unsaturated/α-hetero) is 1. The third kappa shape index (κ3) is 23.5. The molecule has 0 rings (SSSR count). The van der Waals surface area contributed by atoms with Crippen LogP contribution < -0.4 is 0 Å². The second-order valence-corrected chi connectivity index (χ2v) is 13.1. The number of ketones is 2. The lowest BCUT2D eigenvalue weighted by atomic mass is 10.2. The van der Waals surface area contributed by atoms with Crippen LogP contribution in [0.5, 0.6) is 0 Å². The molecule has 0 bridgehead atoms. The highest BCUT2D eigenvalue weighted by molar-refractivity contribution is 8.18. The number of allylic oxidation sites excluding steroid dienone is 2. The van der Waals surface area contributed by atoms with Gasteiger partial charge in [-0.15, -0.1) is 58.8 Å². The van der Waals surface area contributed by atoms with Crippen molar-refractivity contribution in [1.82, 2.24) is 0 Å². The van der Waals surface area contributed by atoms with Crippen LogP contribution in [-0.4, -0.2) is 79.8 Å². The molecule has 31 heavy (non-hydrogen) atoms. The maximum Gasteiger partial charge on any atom is 0.152 e. The number of aldehydes is 1. The summed E-state index contributed by atoms with van der Waals surface area (Å²) in [6.07, 6.45) is 20.2. The van der Waals surface area contributed by atoms with Crippen molar-refractivity contribution in [2.75, 3.05) is 37.5 Å². The summed E-state index contributed by atoms with van der Waals surface area (Å²) in [5.74, 6) is 0.255. The van der Waals surface area contributed by atoms with Crippen LogP contribution in [0, 0.1) is 0 Å². The fourth-order valence-corrected chi connectivity index (χ4v) is 5.67. The number of rotatable bonds is 13. The highest BCUT2D eigenvalue weighted by atomic mass is 32.2. The van der Waals surface area contributed by atoms with Crippen LogP contribution in [0.3, 0.4) is 0 Å². The molecule has 0 spiro atoms. The van der Waals surface area contributed by atoms with Gasteiger partial charge in [0.1, 0.15) is 17.5 Å². The third-order valence-electron chi connectivity index (χ3n) is 3.59. The molecule has 0 fully saturated rings. The van der Waals surface area contributed by atoms with Gasteiger partial charge in [-0.3, -0.25) is 14.4 Å². The van der Waals surface area contributed by atoms with Crippen molar-refractivity contribution in [2.24, 2.45) is 0 Å². The predicted molar refractivity (Wildman–Crippen MR) is 153 cm³/mol. The summed E-state index contributed by atoms with van der Waals surface area (Å²) in [5, 5.41) is 9.40. The Balaban J connectivity index is -0.000000380. The van der Waals surface area contributed by atoms with E-state index in [0.717, 1.165) is 6.29 Å². The second kappa shape index (κ2) is 23.7. The van der Waals surface area contributed by atoms with Crippen LogP contribution in [0.25, 0.3) is 0 Å². The first-order valence-corrected chi connectivity index (χ1v) is 16.8. The molecule has 2 unspecified atom stereocenters. The van der Waals surface area contributed by atoms with Gasteiger partial charge in [-0.2, -0.15) is 11.8 Å². The van der Waals surface area contributed by atoms with Crippen molar-refractivity contribution < 1.29 is 19.5 Å². The number of hydrogen-bond donors (Lipinski definition) is 1. The van der Waals surface area contributed by atoms with Gasteiger partial charge >= 0.3 is 0 Å². The van der Waals surface area contributed by atoms with E-state index in [1.54, 1.807) is 73.0 Å². The molecule has 0 saturated carbocycles. The van der Waals surface area contributed by atoms with Gasteiger partial charge < -0.3 is 5.11 Å². The summed E-state index contributed by atoms with van der Waals surface area (Å²) in [6.45, 7) is 5.20. The SMILES string of the molecule is CSC(/C=C\C(C)=O)SC.CSC(C)(/C=C\C=O)SC.CSC(O)C(CC(C)=O)SC. The number of hydrogen-bond acceptors (Lipinski definition) is 10. The number of thioether (sulfide) groups is 6. The molecule has 0 aliphatic rings. The van der Waals surface area contributed by atoms with Crippen LogP contribution >= 0.6 is 70.6 Å². The average molecular weight is 547 g/mol. The molecule has 0 aliphatic carbocycles. The normalized spacial score (nSPS) is 13.3. The van der Waals surface area contributed by atoms with Crippen LogP contribution in [0.15, 0.2) is 24.3 Å². The van der Waals surface area contributed by atoms with Gasteiger partial charge in [-0.05, 0) is 70.5 Å². The molecular formula is C21H38O4S6. The first-order chi connectivity index (χ1) is 14.5. The van der Waals surface area contributed by atoms with Crippen LogP contribution in [0.1, 0.15) is 27.2 Å². The predicted octanol–water partition coefficient (Wildman–Crippen LogP) is 5.75. The van der Waals surface area contributed by atoms with Gasteiger partial charge in [0.2, 0.25) is 0 Å². The second-order valence-electron chi connectivity index (χ2n) is 6.04. The molecule has 0 aromatic carbocycles. The summed E-state index contributed by atoms with van der Waals surface area (Å²) < 4.78 is 0.477. The van der Waals surface area contributed by atoms with Gasteiger partial charge in [-0.1, -0.05) is 12.2 Å². The van der Waals surface area contributed by atoms with Crippen molar-refractivity contribution in [3.63, 3.8) is 0 Å². The molecule has 182 valence electrons. The Kier molecular flexibility index (Phi) is 27.6. The Labute approximate surface area is 215 Å². The van der Waals surface area contributed by atoms with Gasteiger partial charge in [0.15, 0.2) is 5.78 Å². The van der Waals surface area contributed by atoms with Gasteiger partial charge in [0.05, 0.1) is 8.66 Å². The molecule has 2 atom stereocenters. The average Bonchev–Trinajstić information content (AvgIpc) is 2.76. The lowest BCUT2D eigenvalue weighted by Gasteiger charge is -2.19. The number of carbonyl (C=O) groups excluding carboxylic acids is 3. The number of aliphatic hydroxyl groups excluding tert-OH is 1. The Morgan fingerprint density at radius 2 is 1.45 bits per heavy atom. The first-order valence-electron chi connectivity index (χ1n) is 9.21. The first kappa shape index (κ1) is 36.1. The lowest BCUT2D eigenvalue weighted by Crippen LogP contribution is -2.21. The van der Waals surface area contributed by atoms with Gasteiger partial charge in [-0.25, -0.2) is 0 Å². The largest absolute Gasteiger partial charge is 0.381 e. The maximum absolute atomic E-state index is 10.7. The summed E-state index contributed by atoms with van der Waals surface area (Å²) in [6, 6.07) is 0. The van der Waals surface area contributed by atoms with Crippen LogP contribution in [-0.2, 0) is 14.4 Å². The van der Waals surface area contributed by atoms with E-state index in [2.05, 4.69) is 6.92 Å². The Morgan fingerprint density at radius 3 is 1.74 bits per heavy atom. The molecule has 0 amide bonds. The van der Waals surface area contributed by atoms with Gasteiger partial charge in [0, 0.05) is 11.7 Å². The van der Waals surface area contributed by atoms with Gasteiger partial charge in [0.25, 0.3) is 0 Å². The Hall–Kier alpha value is 0.550. The van der Waals surface area contributed by atoms with Crippen molar-refractivity contribution in [2.45, 2.75) is 46.5 Å². The highest BCUT2D eigenvalue weighted by Gasteiger charge is 2.18. The van der Waals surface area contributed by atoms with Crippen LogP contribution in [0.4, 0.5) is 0 Å². The zero-order chi connectivity index (χ0) is 24.9. The van der Waals surface area contributed by atoms with E-state index in [-0.39, 0.29) is 20.9 Å². The maximum atomic E-state index is 10.7. The highest BCUT2D eigenvalue weighted by Crippen LogP contribution is 2.34. The third-order valence-corrected chi connectivity index (χ3v) is 10.9. The molecule has 0 saturated heterocycles. The monoisotopic (exact) mass is 546 g/mol. The van der Waals surface area contributed by atoms with Crippen molar-refractivity contribution >= 4 is 88.4 Å². The molecule has 0 aromatic rings. The smallest absolute Gasteiger partial charge is 0.152 e. The molecule has 0 radical (unpaired) electrons. The van der Waals surface area contributed by atoms with Crippen molar-refractivity contribution in [3.8, 4) is 0 Å². The number of carbonyl (C=O) groups is 3. The molecular weight excluding hydrogens is 509 g/mol. The molecule has 0 aromatic heterocycles. The van der Waals surface area contributed by atoms with E-state index in [1.807, 2.05) is 49.7 Å². The Morgan fingerprint density at radius 1 is 0.935 bits per heavy atom. The van der Waals surface area contributed by atoms with E-state index >= 15 is 0 Å². The zero-order valence-electron chi connectivity index (χ0n) is 19.9. The fourth-order valence-electron chi connectivity index (χ4n) is 1.64. The number of aliphatic hydroxyl groups is 1. The van der Waals surface area contributed by atoms with E-state index in [0.29, 0.717) is 11.0 Å². The van der Waals surface area contributed by atoms with Crippen molar-refractivity contribution in [3.05, 3.63) is 24.3 Å². The minimum Gasteiger partial charge on any atom is -0.381 e. The molecule has 0 heterocycles. The topological polar surface area (TPSA) is 71.4 Å². The van der Waals surface area contributed by atoms with E-state index in [9.17, 15) is 19.5 Å². The molecule has 4 nitrogen and oxygen atoms in total. The fraction of sp³-hybridized carbons (Fsp3) is 0.667. The van der Waals surface area contributed by atoms with E-state index < -0.39 is 5.44 Å². The summed E-state index contributed by atoms with van der Waals surface area (Å²) in [7, 11) is 0. The molecule has 10 heteroatoms. The minimum absolute atomic E-state index is 0.0440. The summed E-state index contributed by atoms with van der Waals surface area (Å²) in [4.78, 5) is 31.2. The quantitative estimate of drug-likeness (QED) is 0.175. The standard InChI is InChI=1S/C7H14O2S2.2C7H12OS2/c1-5(8)4-6(10-2)7(9)11-3;1-7(9-2,10-3)5-4-6-8;1-6(8)4-5-7(9-2)10-3/h6-7,9H,4H2,1-3H3;4-6H,1-3H3;4-5,7H,1-3H3/b;2*5-4-. The zero-order valence-corrected chi connectivity index (χ0v) is 24.8. The van der Waals surface area contributed by atoms with Crippen molar-refractivity contribution in [1.29, 1.82) is 0 Å². The lowest BCUT2D eigenvalue weighted by molar-refractivity contribution is -0.117. The Bertz CT molecular complexity index is 532. The van der Waals surface area contributed by atoms with E-state index in [4.69, 9.17) is 0 Å².